The van der Waals surface area contributed by atoms with E-state index >= 15 is 0 Å². The van der Waals surface area contributed by atoms with Gasteiger partial charge >= 0.3 is 5.97 Å². The highest BCUT2D eigenvalue weighted by Crippen LogP contribution is 2.33. The van der Waals surface area contributed by atoms with E-state index in [1.807, 2.05) is 4.90 Å². The first-order chi connectivity index (χ1) is 12.4. The molecule has 7 nitrogen and oxygen atoms in total. The quantitative estimate of drug-likeness (QED) is 0.646. The second kappa shape index (κ2) is 6.13. The van der Waals surface area contributed by atoms with Crippen molar-refractivity contribution in [2.75, 3.05) is 18.0 Å². The first-order valence-electron chi connectivity index (χ1n) is 7.66. The number of aromatic nitrogens is 3. The van der Waals surface area contributed by atoms with Crippen molar-refractivity contribution in [1.29, 1.82) is 0 Å². The molecule has 0 bridgehead atoms. The van der Waals surface area contributed by atoms with Crippen LogP contribution in [0.2, 0.25) is 0 Å². The number of halogens is 2. The lowest BCUT2D eigenvalue weighted by Crippen LogP contribution is -2.53. The fourth-order valence-corrected chi connectivity index (χ4v) is 3.60. The zero-order chi connectivity index (χ0) is 18.4. The van der Waals surface area contributed by atoms with Crippen LogP contribution in [0.5, 0.6) is 0 Å². The molecule has 3 aromatic rings. The van der Waals surface area contributed by atoms with Crippen LogP contribution in [-0.2, 0) is 11.8 Å². The fraction of sp³-hybridized carbons (Fsp3) is 0.250. The van der Waals surface area contributed by atoms with Gasteiger partial charge in [0.2, 0.25) is 0 Å². The molecule has 0 N–H and O–H groups in total. The maximum Gasteiger partial charge on any atom is 0.359 e. The normalized spacial score (nSPS) is 14.5. The van der Waals surface area contributed by atoms with Crippen molar-refractivity contribution in [3.05, 3.63) is 51.9 Å². The summed E-state index contributed by atoms with van der Waals surface area (Å²) in [6, 6.07) is 4.59. The van der Waals surface area contributed by atoms with Gasteiger partial charge in [-0.1, -0.05) is 11.3 Å². The van der Waals surface area contributed by atoms with Gasteiger partial charge in [0, 0.05) is 19.2 Å². The molecule has 4 rings (SSSR count). The highest BCUT2D eigenvalue weighted by atomic mass is 32.1. The van der Waals surface area contributed by atoms with Gasteiger partial charge in [0.1, 0.15) is 17.4 Å². The third kappa shape index (κ3) is 2.92. The maximum atomic E-state index is 13.7. The third-order valence-corrected chi connectivity index (χ3v) is 5.03. The van der Waals surface area contributed by atoms with Gasteiger partial charge in [-0.25, -0.2) is 23.2 Å². The number of esters is 1. The molecule has 2 aromatic heterocycles. The van der Waals surface area contributed by atoms with Crippen molar-refractivity contribution in [3.63, 3.8) is 0 Å². The number of fused-ring (bicyclic) bond motifs is 1. The summed E-state index contributed by atoms with van der Waals surface area (Å²) < 4.78 is 33.8. The Bertz CT molecular complexity index is 1080. The van der Waals surface area contributed by atoms with E-state index < -0.39 is 17.6 Å². The molecule has 134 valence electrons. The van der Waals surface area contributed by atoms with Crippen LogP contribution in [-0.4, -0.2) is 39.9 Å². The van der Waals surface area contributed by atoms with Gasteiger partial charge in [-0.2, -0.15) is 5.10 Å². The predicted octanol–water partition coefficient (Wildman–Crippen LogP) is 1.71. The molecule has 0 aliphatic carbocycles. The number of thiazole rings is 1. The average molecular weight is 378 g/mol. The summed E-state index contributed by atoms with van der Waals surface area (Å²) in [6.45, 7) is 0.781. The first kappa shape index (κ1) is 16.6. The summed E-state index contributed by atoms with van der Waals surface area (Å²) in [5.74, 6) is -1.97. The van der Waals surface area contributed by atoms with E-state index in [-0.39, 0.29) is 22.9 Å². The molecule has 26 heavy (non-hydrogen) atoms. The lowest BCUT2D eigenvalue weighted by Gasteiger charge is -2.37. The molecule has 1 aliphatic rings. The number of carbonyl (C=O) groups is 1. The molecule has 0 amide bonds. The third-order valence-electron chi connectivity index (χ3n) is 3.96. The zero-order valence-corrected chi connectivity index (χ0v) is 14.3. The highest BCUT2D eigenvalue weighted by Gasteiger charge is 2.33. The maximum absolute atomic E-state index is 13.7. The topological polar surface area (TPSA) is 77.3 Å². The summed E-state index contributed by atoms with van der Waals surface area (Å²) in [5.41, 5.74) is -0.153. The summed E-state index contributed by atoms with van der Waals surface area (Å²) in [6.07, 6.45) is -0.366. The van der Waals surface area contributed by atoms with E-state index in [2.05, 4.69) is 10.1 Å². The Kier molecular flexibility index (Phi) is 3.91. The van der Waals surface area contributed by atoms with Crippen LogP contribution in [0.15, 0.2) is 29.1 Å². The molecular formula is C16H12F2N4O3S. The molecule has 1 aromatic carbocycles. The lowest BCUT2D eigenvalue weighted by atomic mass is 10.2. The molecule has 3 heterocycles. The van der Waals surface area contributed by atoms with Crippen LogP contribution in [0.3, 0.4) is 0 Å². The van der Waals surface area contributed by atoms with E-state index in [0.29, 0.717) is 22.9 Å². The van der Waals surface area contributed by atoms with Crippen molar-refractivity contribution >= 4 is 32.7 Å². The molecule has 0 atom stereocenters. The van der Waals surface area contributed by atoms with E-state index in [1.165, 1.54) is 36.6 Å². The van der Waals surface area contributed by atoms with E-state index in [4.69, 9.17) is 4.74 Å². The largest absolute Gasteiger partial charge is 0.454 e. The Morgan fingerprint density at radius 2 is 2.08 bits per heavy atom. The van der Waals surface area contributed by atoms with Crippen molar-refractivity contribution in [1.82, 2.24) is 14.8 Å². The molecule has 1 fully saturated rings. The zero-order valence-electron chi connectivity index (χ0n) is 13.5. The Morgan fingerprint density at radius 3 is 2.81 bits per heavy atom. The molecule has 0 radical (unpaired) electrons. The van der Waals surface area contributed by atoms with E-state index in [9.17, 15) is 18.4 Å². The molecule has 10 heteroatoms. The van der Waals surface area contributed by atoms with Gasteiger partial charge in [-0.05, 0) is 12.1 Å². The summed E-state index contributed by atoms with van der Waals surface area (Å²) >= 11 is 1.17. The molecule has 1 saturated heterocycles. The van der Waals surface area contributed by atoms with Gasteiger partial charge < -0.3 is 9.64 Å². The Labute approximate surface area is 149 Å². The second-order valence-corrected chi connectivity index (χ2v) is 6.85. The Balaban J connectivity index is 1.42. The van der Waals surface area contributed by atoms with Crippen molar-refractivity contribution in [2.24, 2.45) is 7.05 Å². The molecule has 1 aliphatic heterocycles. The Morgan fingerprint density at radius 1 is 1.31 bits per heavy atom. The predicted molar refractivity (Wildman–Crippen MR) is 90.4 cm³/mol. The standard InChI is InChI=1S/C16H12F2N4O3S/c1-21-13(23)3-2-11(20-21)15(24)25-9-6-22(7-9)16-19-14-10(18)4-8(17)5-12(14)26-16/h2-5,9H,6-7H2,1H3. The van der Waals surface area contributed by atoms with Crippen molar-refractivity contribution in [2.45, 2.75) is 6.10 Å². The minimum Gasteiger partial charge on any atom is -0.454 e. The van der Waals surface area contributed by atoms with Crippen LogP contribution in [0.4, 0.5) is 13.9 Å². The van der Waals surface area contributed by atoms with Crippen LogP contribution < -0.4 is 10.5 Å². The van der Waals surface area contributed by atoms with Crippen LogP contribution in [0, 0.1) is 11.6 Å². The van der Waals surface area contributed by atoms with E-state index in [1.54, 1.807) is 0 Å². The van der Waals surface area contributed by atoms with Gasteiger partial charge in [0.25, 0.3) is 5.56 Å². The van der Waals surface area contributed by atoms with Gasteiger partial charge in [0.05, 0.1) is 17.8 Å². The van der Waals surface area contributed by atoms with Crippen molar-refractivity contribution < 1.29 is 18.3 Å². The van der Waals surface area contributed by atoms with Crippen LogP contribution in [0.25, 0.3) is 10.2 Å². The number of anilines is 1. The number of hydrogen-bond donors (Lipinski definition) is 0. The molecule has 0 saturated carbocycles. The first-order valence-corrected chi connectivity index (χ1v) is 8.48. The van der Waals surface area contributed by atoms with Crippen LogP contribution >= 0.6 is 11.3 Å². The van der Waals surface area contributed by atoms with Gasteiger partial charge in [-0.15, -0.1) is 0 Å². The number of benzene rings is 1. The number of rotatable bonds is 3. The number of hydrogen-bond acceptors (Lipinski definition) is 7. The highest BCUT2D eigenvalue weighted by molar-refractivity contribution is 7.22. The second-order valence-electron chi connectivity index (χ2n) is 5.84. The average Bonchev–Trinajstić information content (AvgIpc) is 2.96. The fourth-order valence-electron chi connectivity index (χ4n) is 2.57. The summed E-state index contributed by atoms with van der Waals surface area (Å²) in [7, 11) is 1.44. The van der Waals surface area contributed by atoms with Gasteiger partial charge in [-0.3, -0.25) is 4.79 Å². The monoisotopic (exact) mass is 378 g/mol. The Hall–Kier alpha value is -2.88. The summed E-state index contributed by atoms with van der Waals surface area (Å²) in [5, 5.41) is 4.38. The minimum atomic E-state index is -0.702. The number of carbonyl (C=O) groups excluding carboxylic acids is 1. The molecule has 0 spiro atoms. The molecule has 0 unspecified atom stereocenters. The number of nitrogens with zero attached hydrogens (tertiary/aromatic N) is 4. The SMILES string of the molecule is Cn1nc(C(=O)OC2CN(c3nc4c(F)cc(F)cc4s3)C2)ccc1=O. The van der Waals surface area contributed by atoms with Gasteiger partial charge in [0.15, 0.2) is 16.6 Å². The molecular weight excluding hydrogens is 366 g/mol. The number of ether oxygens (including phenoxy) is 1. The van der Waals surface area contributed by atoms with Crippen molar-refractivity contribution in [3.8, 4) is 0 Å². The summed E-state index contributed by atoms with van der Waals surface area (Å²) in [4.78, 5) is 29.3. The smallest absolute Gasteiger partial charge is 0.359 e. The lowest BCUT2D eigenvalue weighted by molar-refractivity contribution is 0.0225. The number of aryl methyl sites for hydroxylation is 1. The van der Waals surface area contributed by atoms with Crippen LogP contribution in [0.1, 0.15) is 10.5 Å². The van der Waals surface area contributed by atoms with E-state index in [0.717, 1.165) is 10.7 Å². The minimum absolute atomic E-state index is 0.0445.